The second-order valence-corrected chi connectivity index (χ2v) is 4.17. The summed E-state index contributed by atoms with van der Waals surface area (Å²) in [5.41, 5.74) is 0.542. The summed E-state index contributed by atoms with van der Waals surface area (Å²) in [5, 5.41) is 2.57. The molecule has 3 aromatic heterocycles. The predicted molar refractivity (Wildman–Crippen MR) is 73.5 cm³/mol. The van der Waals surface area contributed by atoms with Crippen molar-refractivity contribution in [2.45, 2.75) is 0 Å². The maximum Gasteiger partial charge on any atom is 0.274 e. The van der Waals surface area contributed by atoms with E-state index in [1.54, 1.807) is 41.5 Å². The molecule has 3 aromatic rings. The Bertz CT molecular complexity index is 773. The first-order valence-electron chi connectivity index (χ1n) is 6.11. The average molecular weight is 283 g/mol. The van der Waals surface area contributed by atoms with Gasteiger partial charge in [0.1, 0.15) is 17.8 Å². The van der Waals surface area contributed by atoms with E-state index in [-0.39, 0.29) is 5.69 Å². The topological polar surface area (TPSA) is 72.7 Å². The third-order valence-corrected chi connectivity index (χ3v) is 2.72. The summed E-state index contributed by atoms with van der Waals surface area (Å²) in [5.74, 6) is -0.517. The molecular weight excluding hydrogens is 273 g/mol. The summed E-state index contributed by atoms with van der Waals surface area (Å²) in [6.07, 6.45) is 6.21. The molecule has 0 bridgehead atoms. The molecule has 0 spiro atoms. The molecule has 0 fully saturated rings. The highest BCUT2D eigenvalue weighted by Gasteiger charge is 2.09. The first-order valence-corrected chi connectivity index (χ1v) is 6.11. The van der Waals surface area contributed by atoms with E-state index >= 15 is 0 Å². The van der Waals surface area contributed by atoms with Crippen LogP contribution in [-0.4, -0.2) is 25.4 Å². The Hall–Kier alpha value is -3.09. The Labute approximate surface area is 119 Å². The van der Waals surface area contributed by atoms with E-state index in [1.165, 1.54) is 12.3 Å². The molecule has 0 aliphatic heterocycles. The van der Waals surface area contributed by atoms with Crippen molar-refractivity contribution in [1.29, 1.82) is 0 Å². The highest BCUT2D eigenvalue weighted by atomic mass is 19.1. The molecule has 0 aliphatic carbocycles. The van der Waals surface area contributed by atoms with Crippen molar-refractivity contribution in [3.05, 3.63) is 66.9 Å². The number of imidazole rings is 1. The van der Waals surface area contributed by atoms with Crippen LogP contribution in [0.25, 0.3) is 5.82 Å². The second kappa shape index (κ2) is 5.49. The van der Waals surface area contributed by atoms with Crippen LogP contribution in [0, 0.1) is 5.95 Å². The van der Waals surface area contributed by atoms with Gasteiger partial charge in [-0.3, -0.25) is 9.36 Å². The maximum atomic E-state index is 13.0. The number of halogens is 1. The van der Waals surface area contributed by atoms with Crippen LogP contribution in [0.15, 0.2) is 55.2 Å². The number of hydrogen-bond acceptors (Lipinski definition) is 4. The Balaban J connectivity index is 1.83. The van der Waals surface area contributed by atoms with Crippen LogP contribution < -0.4 is 5.32 Å². The van der Waals surface area contributed by atoms with Crippen molar-refractivity contribution in [2.24, 2.45) is 0 Å². The van der Waals surface area contributed by atoms with E-state index in [4.69, 9.17) is 0 Å². The standard InChI is InChI=1S/C14H10FN5O/c15-12-8-10(4-5-17-12)18-14(21)11-2-1-3-13(19-11)20-7-6-16-9-20/h1-9H,(H,17,18,21). The Kier molecular flexibility index (Phi) is 3.38. The SMILES string of the molecule is O=C(Nc1ccnc(F)c1)c1cccc(-n2ccnc2)n1. The van der Waals surface area contributed by atoms with E-state index in [0.717, 1.165) is 6.07 Å². The first kappa shape index (κ1) is 12.9. The van der Waals surface area contributed by atoms with Gasteiger partial charge in [-0.05, 0) is 18.2 Å². The summed E-state index contributed by atoms with van der Waals surface area (Å²) in [6.45, 7) is 0. The number of aromatic nitrogens is 4. The normalized spacial score (nSPS) is 10.3. The molecule has 6 nitrogen and oxygen atoms in total. The molecule has 1 N–H and O–H groups in total. The van der Waals surface area contributed by atoms with E-state index in [9.17, 15) is 9.18 Å². The molecule has 0 radical (unpaired) electrons. The number of nitrogens with one attached hydrogen (secondary N) is 1. The highest BCUT2D eigenvalue weighted by Crippen LogP contribution is 2.10. The van der Waals surface area contributed by atoms with Gasteiger partial charge >= 0.3 is 0 Å². The van der Waals surface area contributed by atoms with Gasteiger partial charge in [-0.15, -0.1) is 0 Å². The van der Waals surface area contributed by atoms with Gasteiger partial charge in [0.15, 0.2) is 0 Å². The molecule has 0 saturated carbocycles. The van der Waals surface area contributed by atoms with Crippen molar-refractivity contribution in [1.82, 2.24) is 19.5 Å². The minimum absolute atomic E-state index is 0.221. The monoisotopic (exact) mass is 283 g/mol. The highest BCUT2D eigenvalue weighted by molar-refractivity contribution is 6.02. The number of rotatable bonds is 3. The van der Waals surface area contributed by atoms with Crippen molar-refractivity contribution >= 4 is 11.6 Å². The molecule has 3 rings (SSSR count). The molecule has 104 valence electrons. The molecule has 0 unspecified atom stereocenters. The Morgan fingerprint density at radius 2 is 2.14 bits per heavy atom. The van der Waals surface area contributed by atoms with Gasteiger partial charge in [0.05, 0.1) is 0 Å². The van der Waals surface area contributed by atoms with Crippen LogP contribution in [0.2, 0.25) is 0 Å². The van der Waals surface area contributed by atoms with Gasteiger partial charge in [0, 0.05) is 30.3 Å². The number of amides is 1. The minimum Gasteiger partial charge on any atom is -0.320 e. The number of pyridine rings is 2. The molecule has 0 saturated heterocycles. The van der Waals surface area contributed by atoms with E-state index in [1.807, 2.05) is 0 Å². The Morgan fingerprint density at radius 3 is 2.90 bits per heavy atom. The lowest BCUT2D eigenvalue weighted by Crippen LogP contribution is -2.14. The van der Waals surface area contributed by atoms with Crippen LogP contribution in [0.3, 0.4) is 0 Å². The van der Waals surface area contributed by atoms with Crippen LogP contribution in [0.1, 0.15) is 10.5 Å². The number of nitrogens with zero attached hydrogens (tertiary/aromatic N) is 4. The summed E-state index contributed by atoms with van der Waals surface area (Å²) >= 11 is 0. The van der Waals surface area contributed by atoms with Crippen molar-refractivity contribution in [3.63, 3.8) is 0 Å². The summed E-state index contributed by atoms with van der Waals surface area (Å²) in [6, 6.07) is 7.68. The number of anilines is 1. The Morgan fingerprint density at radius 1 is 1.24 bits per heavy atom. The predicted octanol–water partition coefficient (Wildman–Crippen LogP) is 2.05. The third kappa shape index (κ3) is 2.92. The lowest BCUT2D eigenvalue weighted by molar-refractivity contribution is 0.102. The van der Waals surface area contributed by atoms with E-state index in [2.05, 4.69) is 20.3 Å². The lowest BCUT2D eigenvalue weighted by atomic mass is 10.3. The summed E-state index contributed by atoms with van der Waals surface area (Å²) < 4.78 is 14.7. The van der Waals surface area contributed by atoms with Gasteiger partial charge in [-0.1, -0.05) is 6.07 Å². The van der Waals surface area contributed by atoms with Crippen molar-refractivity contribution < 1.29 is 9.18 Å². The van der Waals surface area contributed by atoms with Crippen LogP contribution in [0.4, 0.5) is 10.1 Å². The molecule has 1 amide bonds. The van der Waals surface area contributed by atoms with Crippen molar-refractivity contribution in [3.8, 4) is 5.82 Å². The summed E-state index contributed by atoms with van der Waals surface area (Å²) in [4.78, 5) is 23.7. The quantitative estimate of drug-likeness (QED) is 0.747. The van der Waals surface area contributed by atoms with Gasteiger partial charge in [-0.25, -0.2) is 15.0 Å². The fourth-order valence-corrected chi connectivity index (χ4v) is 1.76. The number of carbonyl (C=O) groups excluding carboxylic acids is 1. The molecule has 0 aliphatic rings. The minimum atomic E-state index is -0.659. The smallest absolute Gasteiger partial charge is 0.274 e. The van der Waals surface area contributed by atoms with Gasteiger partial charge < -0.3 is 5.32 Å². The van der Waals surface area contributed by atoms with Crippen LogP contribution in [0.5, 0.6) is 0 Å². The molecule has 0 aromatic carbocycles. The molecule has 0 atom stereocenters. The molecular formula is C14H10FN5O. The van der Waals surface area contributed by atoms with Gasteiger partial charge in [-0.2, -0.15) is 4.39 Å². The zero-order valence-electron chi connectivity index (χ0n) is 10.8. The number of hydrogen-bond donors (Lipinski definition) is 1. The zero-order chi connectivity index (χ0) is 14.7. The first-order chi connectivity index (χ1) is 10.2. The maximum absolute atomic E-state index is 13.0. The van der Waals surface area contributed by atoms with Gasteiger partial charge in [0.25, 0.3) is 5.91 Å². The molecule has 21 heavy (non-hydrogen) atoms. The second-order valence-electron chi connectivity index (χ2n) is 4.17. The molecule has 3 heterocycles. The zero-order valence-corrected chi connectivity index (χ0v) is 10.8. The largest absolute Gasteiger partial charge is 0.320 e. The van der Waals surface area contributed by atoms with E-state index in [0.29, 0.717) is 11.5 Å². The van der Waals surface area contributed by atoms with Crippen LogP contribution >= 0.6 is 0 Å². The third-order valence-electron chi connectivity index (χ3n) is 2.72. The lowest BCUT2D eigenvalue weighted by Gasteiger charge is -2.06. The number of carbonyl (C=O) groups is 1. The summed E-state index contributed by atoms with van der Waals surface area (Å²) in [7, 11) is 0. The fraction of sp³-hybridized carbons (Fsp3) is 0. The van der Waals surface area contributed by atoms with Crippen LogP contribution in [-0.2, 0) is 0 Å². The fourth-order valence-electron chi connectivity index (χ4n) is 1.76. The van der Waals surface area contributed by atoms with E-state index < -0.39 is 11.9 Å². The average Bonchev–Trinajstić information content (AvgIpc) is 3.02. The van der Waals surface area contributed by atoms with Gasteiger partial charge in [0.2, 0.25) is 5.95 Å². The molecule has 7 heteroatoms. The van der Waals surface area contributed by atoms with Crippen molar-refractivity contribution in [2.75, 3.05) is 5.32 Å².